The lowest BCUT2D eigenvalue weighted by Crippen LogP contribution is -1.94. The molecule has 0 atom stereocenters. The van der Waals surface area contributed by atoms with E-state index in [9.17, 15) is 20.4 Å². The highest BCUT2D eigenvalue weighted by molar-refractivity contribution is 7.81. The van der Waals surface area contributed by atoms with Gasteiger partial charge in [0.2, 0.25) is 5.75 Å². The molecular formula is C26H34O4S. The van der Waals surface area contributed by atoms with Crippen LogP contribution in [0.4, 0.5) is 0 Å². The maximum Gasteiger partial charge on any atom is 0.201 e. The van der Waals surface area contributed by atoms with Crippen molar-refractivity contribution in [1.82, 2.24) is 0 Å². The van der Waals surface area contributed by atoms with E-state index >= 15 is 0 Å². The van der Waals surface area contributed by atoms with Crippen molar-refractivity contribution in [3.8, 4) is 23.0 Å². The Labute approximate surface area is 190 Å². The van der Waals surface area contributed by atoms with Gasteiger partial charge in [-0.25, -0.2) is 0 Å². The van der Waals surface area contributed by atoms with Crippen LogP contribution in [0, 0.1) is 0 Å². The number of thiocarbonyl (C=S) groups is 1. The number of benzene rings is 2. The Hall–Kier alpha value is -2.53. The first-order valence-corrected chi connectivity index (χ1v) is 11.6. The van der Waals surface area contributed by atoms with Crippen LogP contribution < -0.4 is 0 Å². The van der Waals surface area contributed by atoms with Crippen LogP contribution >= 0.6 is 12.2 Å². The first kappa shape index (κ1) is 24.7. The van der Waals surface area contributed by atoms with Gasteiger partial charge in [0.25, 0.3) is 0 Å². The summed E-state index contributed by atoms with van der Waals surface area (Å²) in [5, 5.41) is 38.8. The smallest absolute Gasteiger partial charge is 0.201 e. The van der Waals surface area contributed by atoms with Crippen LogP contribution in [-0.2, 0) is 6.42 Å². The SMILES string of the molecule is CCCCCCCCCCCc1ccc(C(=S)C=Cc2c(O)cc(O)c(O)c2O)cc1. The maximum atomic E-state index is 9.90. The number of phenolic OH excluding ortho intramolecular Hbond substituents is 4. The van der Waals surface area contributed by atoms with Crippen LogP contribution in [0.25, 0.3) is 6.08 Å². The van der Waals surface area contributed by atoms with Crippen molar-refractivity contribution in [1.29, 1.82) is 0 Å². The Bertz CT molecular complexity index is 872. The van der Waals surface area contributed by atoms with Crippen LogP contribution in [-0.4, -0.2) is 25.3 Å². The Morgan fingerprint density at radius 3 is 1.97 bits per heavy atom. The Kier molecular flexibility index (Phi) is 10.4. The highest BCUT2D eigenvalue weighted by Crippen LogP contribution is 2.43. The molecule has 0 unspecified atom stereocenters. The van der Waals surface area contributed by atoms with Crippen molar-refractivity contribution in [2.24, 2.45) is 0 Å². The molecule has 0 radical (unpaired) electrons. The largest absolute Gasteiger partial charge is 0.507 e. The molecule has 0 amide bonds. The molecule has 0 aromatic heterocycles. The Balaban J connectivity index is 1.79. The Morgan fingerprint density at radius 1 is 0.774 bits per heavy atom. The molecule has 4 N–H and O–H groups in total. The zero-order valence-electron chi connectivity index (χ0n) is 18.3. The summed E-state index contributed by atoms with van der Waals surface area (Å²) in [6.07, 6.45) is 15.9. The summed E-state index contributed by atoms with van der Waals surface area (Å²) in [5.74, 6) is -2.20. The van der Waals surface area contributed by atoms with Crippen LogP contribution in [0.2, 0.25) is 0 Å². The van der Waals surface area contributed by atoms with Gasteiger partial charge in [-0.2, -0.15) is 0 Å². The zero-order valence-corrected chi connectivity index (χ0v) is 19.1. The van der Waals surface area contributed by atoms with Gasteiger partial charge in [-0.15, -0.1) is 0 Å². The first-order valence-electron chi connectivity index (χ1n) is 11.2. The van der Waals surface area contributed by atoms with Crippen LogP contribution in [0.1, 0.15) is 81.4 Å². The number of unbranched alkanes of at least 4 members (excludes halogenated alkanes) is 8. The molecule has 0 saturated carbocycles. The number of aryl methyl sites for hydroxylation is 1. The molecule has 0 saturated heterocycles. The lowest BCUT2D eigenvalue weighted by atomic mass is 10.0. The van der Waals surface area contributed by atoms with Crippen LogP contribution in [0.5, 0.6) is 23.0 Å². The molecule has 2 aromatic rings. The molecule has 0 aliphatic carbocycles. The fourth-order valence-corrected chi connectivity index (χ4v) is 3.74. The third-order valence-corrected chi connectivity index (χ3v) is 5.85. The van der Waals surface area contributed by atoms with E-state index < -0.39 is 17.2 Å². The van der Waals surface area contributed by atoms with Crippen molar-refractivity contribution < 1.29 is 20.4 Å². The minimum atomic E-state index is -0.677. The number of rotatable bonds is 13. The van der Waals surface area contributed by atoms with Gasteiger partial charge in [-0.1, -0.05) is 94.8 Å². The molecule has 0 aliphatic rings. The van der Waals surface area contributed by atoms with Gasteiger partial charge in [0.15, 0.2) is 11.5 Å². The maximum absolute atomic E-state index is 9.90. The van der Waals surface area contributed by atoms with E-state index in [1.54, 1.807) is 6.08 Å². The number of aromatic hydroxyl groups is 4. The van der Waals surface area contributed by atoms with Crippen molar-refractivity contribution >= 4 is 23.2 Å². The fourth-order valence-electron chi connectivity index (χ4n) is 3.54. The summed E-state index contributed by atoms with van der Waals surface area (Å²) in [6, 6.07) is 9.09. The standard InChI is InChI=1S/C26H34O4S/c1-2-3-4-5-6-7-8-9-10-11-19-12-14-20(15-13-19)24(31)17-16-21-22(27)18-23(28)26(30)25(21)29/h12-18,27-30H,2-11H2,1H3. The van der Waals surface area contributed by atoms with Crippen molar-refractivity contribution in [2.75, 3.05) is 0 Å². The van der Waals surface area contributed by atoms with Crippen molar-refractivity contribution in [3.63, 3.8) is 0 Å². The van der Waals surface area contributed by atoms with E-state index in [1.807, 2.05) is 12.1 Å². The molecule has 5 heteroatoms. The van der Waals surface area contributed by atoms with Gasteiger partial charge >= 0.3 is 0 Å². The minimum Gasteiger partial charge on any atom is -0.507 e. The summed E-state index contributed by atoms with van der Waals surface area (Å²) >= 11 is 5.42. The molecule has 4 nitrogen and oxygen atoms in total. The van der Waals surface area contributed by atoms with E-state index in [2.05, 4.69) is 19.1 Å². The van der Waals surface area contributed by atoms with E-state index in [0.29, 0.717) is 4.86 Å². The van der Waals surface area contributed by atoms with E-state index in [0.717, 1.165) is 18.1 Å². The first-order chi connectivity index (χ1) is 14.9. The lowest BCUT2D eigenvalue weighted by Gasteiger charge is -2.07. The molecule has 168 valence electrons. The van der Waals surface area contributed by atoms with Crippen molar-refractivity contribution in [2.45, 2.75) is 71.1 Å². The topological polar surface area (TPSA) is 80.9 Å². The number of phenols is 4. The third kappa shape index (κ3) is 7.91. The van der Waals surface area contributed by atoms with E-state index in [4.69, 9.17) is 12.2 Å². The van der Waals surface area contributed by atoms with Gasteiger partial charge < -0.3 is 20.4 Å². The number of hydrogen-bond donors (Lipinski definition) is 4. The average Bonchev–Trinajstić information content (AvgIpc) is 2.76. The van der Waals surface area contributed by atoms with Crippen LogP contribution in [0.3, 0.4) is 0 Å². The summed E-state index contributed by atoms with van der Waals surface area (Å²) in [6.45, 7) is 2.25. The Morgan fingerprint density at radius 2 is 1.35 bits per heavy atom. The molecule has 2 aromatic carbocycles. The van der Waals surface area contributed by atoms with Gasteiger partial charge in [-0.3, -0.25) is 0 Å². The predicted octanol–water partition coefficient (Wildman–Crippen LogP) is 7.01. The number of allylic oxidation sites excluding steroid dienone is 1. The van der Waals surface area contributed by atoms with Gasteiger partial charge in [-0.05, 0) is 36.1 Å². The van der Waals surface area contributed by atoms with Gasteiger partial charge in [0.05, 0.1) is 5.56 Å². The minimum absolute atomic E-state index is 0.000339. The monoisotopic (exact) mass is 442 g/mol. The summed E-state index contributed by atoms with van der Waals surface area (Å²) in [4.78, 5) is 0.543. The highest BCUT2D eigenvalue weighted by atomic mass is 32.1. The van der Waals surface area contributed by atoms with Gasteiger partial charge in [0.1, 0.15) is 5.75 Å². The normalized spacial score (nSPS) is 11.3. The summed E-state index contributed by atoms with van der Waals surface area (Å²) < 4.78 is 0. The van der Waals surface area contributed by atoms with Gasteiger partial charge in [0, 0.05) is 10.9 Å². The van der Waals surface area contributed by atoms with Crippen molar-refractivity contribution in [3.05, 3.63) is 53.1 Å². The predicted molar refractivity (Wildman–Crippen MR) is 131 cm³/mol. The average molecular weight is 443 g/mol. The molecule has 31 heavy (non-hydrogen) atoms. The summed E-state index contributed by atoms with van der Waals surface area (Å²) in [5.41, 5.74) is 2.15. The molecular weight excluding hydrogens is 408 g/mol. The number of hydrogen-bond acceptors (Lipinski definition) is 5. The second-order valence-corrected chi connectivity index (χ2v) is 8.44. The lowest BCUT2D eigenvalue weighted by molar-refractivity contribution is 0.360. The van der Waals surface area contributed by atoms with E-state index in [1.165, 1.54) is 69.4 Å². The third-order valence-electron chi connectivity index (χ3n) is 5.48. The summed E-state index contributed by atoms with van der Waals surface area (Å²) in [7, 11) is 0. The van der Waals surface area contributed by atoms with E-state index in [-0.39, 0.29) is 11.3 Å². The van der Waals surface area contributed by atoms with Crippen LogP contribution in [0.15, 0.2) is 36.4 Å². The zero-order chi connectivity index (χ0) is 22.6. The molecule has 0 spiro atoms. The second-order valence-electron chi connectivity index (χ2n) is 8.00. The molecule has 0 bridgehead atoms. The second kappa shape index (κ2) is 13.0. The molecule has 2 rings (SSSR count). The molecule has 0 aliphatic heterocycles. The fraction of sp³-hybridized carbons (Fsp3) is 0.423. The quantitative estimate of drug-likeness (QED) is 0.0669. The molecule has 0 heterocycles. The molecule has 0 fully saturated rings. The highest BCUT2D eigenvalue weighted by Gasteiger charge is 2.14.